The Balaban J connectivity index is 6.97. The molecule has 0 saturated heterocycles. The summed E-state index contributed by atoms with van der Waals surface area (Å²) in [5, 5.41) is 0. The predicted octanol–water partition coefficient (Wildman–Crippen LogP) is 8.09. The third kappa shape index (κ3) is 4.46. The standard InChI is InChI=1S/C14H10F20O/c1-3-5(15,7(17,18)9(21,22)11(25,26)13(29,30)31)35-6(16,4-2)8(19,20)10(23,24)12(27,28)14(32,33)34/h3-4H2,1-2H3. The first-order valence-electron chi connectivity index (χ1n) is 8.31. The van der Waals surface area contributed by atoms with Crippen LogP contribution in [0.15, 0.2) is 0 Å². The first-order valence-corrected chi connectivity index (χ1v) is 8.31. The number of hydrogen-bond donors (Lipinski definition) is 0. The average molecular weight is 574 g/mol. The Bertz CT molecular complexity index is 688. The minimum Gasteiger partial charge on any atom is -0.298 e. The fraction of sp³-hybridized carbons (Fsp3) is 1.00. The molecule has 0 saturated carbocycles. The number of halogens is 20. The molecule has 1 nitrogen and oxygen atoms in total. The second-order valence-corrected chi connectivity index (χ2v) is 6.71. The van der Waals surface area contributed by atoms with Crippen LogP contribution >= 0.6 is 0 Å². The van der Waals surface area contributed by atoms with Crippen molar-refractivity contribution in [3.8, 4) is 0 Å². The van der Waals surface area contributed by atoms with E-state index in [4.69, 9.17) is 0 Å². The Labute approximate surface area is 180 Å². The van der Waals surface area contributed by atoms with Gasteiger partial charge in [-0.1, -0.05) is 13.8 Å². The molecule has 0 aliphatic heterocycles. The molecule has 2 atom stereocenters. The van der Waals surface area contributed by atoms with Crippen LogP contribution in [0.1, 0.15) is 26.7 Å². The number of hydrogen-bond acceptors (Lipinski definition) is 1. The van der Waals surface area contributed by atoms with E-state index in [1.54, 1.807) is 0 Å². The van der Waals surface area contributed by atoms with E-state index in [2.05, 4.69) is 4.74 Å². The van der Waals surface area contributed by atoms with E-state index >= 15 is 0 Å². The first-order chi connectivity index (χ1) is 14.8. The Hall–Kier alpha value is -1.44. The van der Waals surface area contributed by atoms with E-state index in [9.17, 15) is 87.8 Å². The molecule has 0 aliphatic carbocycles. The normalized spacial score (nSPS) is 19.4. The fourth-order valence-electron chi connectivity index (χ4n) is 2.19. The van der Waals surface area contributed by atoms with Crippen LogP contribution in [0.25, 0.3) is 0 Å². The molecular formula is C14H10F20O. The van der Waals surface area contributed by atoms with Gasteiger partial charge in [0.15, 0.2) is 0 Å². The molecule has 212 valence electrons. The Kier molecular flexibility index (Phi) is 8.21. The fourth-order valence-corrected chi connectivity index (χ4v) is 2.19. The van der Waals surface area contributed by atoms with Gasteiger partial charge >= 0.3 is 47.9 Å². The van der Waals surface area contributed by atoms with E-state index in [0.717, 1.165) is 0 Å². The van der Waals surface area contributed by atoms with Crippen molar-refractivity contribution in [2.45, 2.75) is 86.3 Å². The third-order valence-electron chi connectivity index (χ3n) is 4.46. The summed E-state index contributed by atoms with van der Waals surface area (Å²) < 4.78 is 265. The van der Waals surface area contributed by atoms with E-state index in [-0.39, 0.29) is 13.8 Å². The van der Waals surface area contributed by atoms with Crippen LogP contribution in [0.2, 0.25) is 0 Å². The minimum atomic E-state index is -8.06. The molecule has 0 bridgehead atoms. The zero-order valence-corrected chi connectivity index (χ0v) is 16.4. The van der Waals surface area contributed by atoms with Crippen LogP contribution in [0.4, 0.5) is 87.8 Å². The molecule has 0 amide bonds. The highest BCUT2D eigenvalue weighted by atomic mass is 19.4. The van der Waals surface area contributed by atoms with Crippen LogP contribution in [0, 0.1) is 0 Å². The van der Waals surface area contributed by atoms with Crippen LogP contribution in [0.5, 0.6) is 0 Å². The van der Waals surface area contributed by atoms with Gasteiger partial charge in [-0.05, 0) is 0 Å². The van der Waals surface area contributed by atoms with Gasteiger partial charge in [0.05, 0.1) is 0 Å². The van der Waals surface area contributed by atoms with Crippen molar-refractivity contribution in [3.05, 3.63) is 0 Å². The smallest absolute Gasteiger partial charge is 0.298 e. The van der Waals surface area contributed by atoms with Crippen LogP contribution in [-0.4, -0.2) is 59.6 Å². The second kappa shape index (κ2) is 8.56. The summed E-state index contributed by atoms with van der Waals surface area (Å²) in [6.45, 7) is -0.626. The van der Waals surface area contributed by atoms with E-state index < -0.39 is 72.4 Å². The molecule has 21 heteroatoms. The van der Waals surface area contributed by atoms with Gasteiger partial charge in [0, 0.05) is 12.8 Å². The Morgan fingerprint density at radius 2 is 0.543 bits per heavy atom. The second-order valence-electron chi connectivity index (χ2n) is 6.71. The van der Waals surface area contributed by atoms with Gasteiger partial charge in [0.1, 0.15) is 0 Å². The van der Waals surface area contributed by atoms with Gasteiger partial charge in [-0.25, -0.2) is 8.78 Å². The molecule has 35 heavy (non-hydrogen) atoms. The van der Waals surface area contributed by atoms with Crippen LogP contribution in [0.3, 0.4) is 0 Å². The van der Waals surface area contributed by atoms with Crippen molar-refractivity contribution in [3.63, 3.8) is 0 Å². The highest BCUT2D eigenvalue weighted by Crippen LogP contribution is 2.62. The highest BCUT2D eigenvalue weighted by Gasteiger charge is 2.90. The topological polar surface area (TPSA) is 9.23 Å². The van der Waals surface area contributed by atoms with Gasteiger partial charge in [-0.15, -0.1) is 0 Å². The average Bonchev–Trinajstić information content (AvgIpc) is 2.64. The van der Waals surface area contributed by atoms with Gasteiger partial charge < -0.3 is 0 Å². The lowest BCUT2D eigenvalue weighted by molar-refractivity contribution is -0.482. The molecule has 0 fully saturated rings. The molecule has 0 spiro atoms. The maximum absolute atomic E-state index is 14.5. The lowest BCUT2D eigenvalue weighted by atomic mass is 9.92. The van der Waals surface area contributed by atoms with Gasteiger partial charge in [0.25, 0.3) is 11.7 Å². The summed E-state index contributed by atoms with van der Waals surface area (Å²) in [5.41, 5.74) is 0. The zero-order valence-electron chi connectivity index (χ0n) is 16.4. The molecule has 0 N–H and O–H groups in total. The lowest BCUT2D eigenvalue weighted by Crippen LogP contribution is -2.72. The Morgan fingerprint density at radius 1 is 0.343 bits per heavy atom. The molecule has 0 heterocycles. The zero-order chi connectivity index (χ0) is 29.1. The maximum Gasteiger partial charge on any atom is 0.460 e. The summed E-state index contributed by atoms with van der Waals surface area (Å²) in [4.78, 5) is 0. The lowest BCUT2D eigenvalue weighted by Gasteiger charge is -2.46. The number of rotatable bonds is 10. The monoisotopic (exact) mass is 574 g/mol. The minimum absolute atomic E-state index is 0.313. The van der Waals surface area contributed by atoms with Crippen LogP contribution < -0.4 is 0 Å². The van der Waals surface area contributed by atoms with Gasteiger partial charge in [-0.3, -0.25) is 4.74 Å². The molecule has 2 unspecified atom stereocenters. The van der Waals surface area contributed by atoms with Crippen LogP contribution in [-0.2, 0) is 4.74 Å². The molecule has 0 aliphatic rings. The molecular weight excluding hydrogens is 564 g/mol. The van der Waals surface area contributed by atoms with E-state index in [1.165, 1.54) is 0 Å². The van der Waals surface area contributed by atoms with Crippen molar-refractivity contribution in [2.75, 3.05) is 0 Å². The molecule has 0 radical (unpaired) electrons. The number of alkyl halides is 20. The van der Waals surface area contributed by atoms with E-state index in [1.807, 2.05) is 0 Å². The predicted molar refractivity (Wildman–Crippen MR) is 71.1 cm³/mol. The van der Waals surface area contributed by atoms with Gasteiger partial charge in [0.2, 0.25) is 0 Å². The third-order valence-corrected chi connectivity index (χ3v) is 4.46. The van der Waals surface area contributed by atoms with Crippen molar-refractivity contribution in [2.24, 2.45) is 0 Å². The van der Waals surface area contributed by atoms with E-state index in [0.29, 0.717) is 0 Å². The van der Waals surface area contributed by atoms with Crippen molar-refractivity contribution in [1.29, 1.82) is 0 Å². The summed E-state index contributed by atoms with van der Waals surface area (Å²) in [5.74, 6) is -60.7. The summed E-state index contributed by atoms with van der Waals surface area (Å²) in [6.07, 6.45) is -21.0. The molecule has 0 rings (SSSR count). The SMILES string of the molecule is CCC(F)(OC(F)(CC)C(F)(F)C(F)(F)C(F)(F)C(F)(F)F)C(F)(F)C(F)(F)C(F)(F)C(F)(F)F. The summed E-state index contributed by atoms with van der Waals surface area (Å²) in [7, 11) is 0. The quantitative estimate of drug-likeness (QED) is 0.240. The number of ether oxygens (including phenoxy) is 1. The largest absolute Gasteiger partial charge is 0.460 e. The van der Waals surface area contributed by atoms with Crippen molar-refractivity contribution < 1.29 is 92.5 Å². The van der Waals surface area contributed by atoms with Gasteiger partial charge in [-0.2, -0.15) is 79.0 Å². The maximum atomic E-state index is 14.5. The summed E-state index contributed by atoms with van der Waals surface area (Å²) in [6, 6.07) is 0. The Morgan fingerprint density at radius 3 is 0.686 bits per heavy atom. The first kappa shape index (κ1) is 33.6. The van der Waals surface area contributed by atoms with Crippen molar-refractivity contribution >= 4 is 0 Å². The molecule has 0 aromatic rings. The van der Waals surface area contributed by atoms with Crippen molar-refractivity contribution in [1.82, 2.24) is 0 Å². The highest BCUT2D eigenvalue weighted by molar-refractivity contribution is 5.10. The molecule has 0 aromatic carbocycles. The summed E-state index contributed by atoms with van der Waals surface area (Å²) >= 11 is 0. The molecule has 0 aromatic heterocycles.